The monoisotopic (exact) mass is 474 g/mol. The SMILES string of the molecule is Cc1ccc(-c2ccc3ccc4oc5c(-c6ccc(C)s6)ccc6ccc7oc2c3c4-c7c65)s1. The van der Waals surface area contributed by atoms with Crippen molar-refractivity contribution in [3.05, 3.63) is 82.6 Å². The van der Waals surface area contributed by atoms with Crippen LogP contribution in [-0.2, 0) is 0 Å². The van der Waals surface area contributed by atoms with E-state index in [9.17, 15) is 0 Å². The predicted octanol–water partition coefficient (Wildman–Crippen LogP) is 10.1. The molecule has 0 saturated carbocycles. The molecule has 34 heavy (non-hydrogen) atoms. The van der Waals surface area contributed by atoms with E-state index in [-0.39, 0.29) is 0 Å². The second-order valence-corrected chi connectivity index (χ2v) is 11.6. The molecule has 2 aliphatic rings. The van der Waals surface area contributed by atoms with Gasteiger partial charge in [-0.3, -0.25) is 0 Å². The second kappa shape index (κ2) is 6.50. The second-order valence-electron chi connectivity index (χ2n) is 8.98. The summed E-state index contributed by atoms with van der Waals surface area (Å²) in [6.07, 6.45) is 0. The molecule has 0 amide bonds. The van der Waals surface area contributed by atoms with Gasteiger partial charge in [0.15, 0.2) is 0 Å². The summed E-state index contributed by atoms with van der Waals surface area (Å²) in [5, 5.41) is 4.63. The van der Waals surface area contributed by atoms with E-state index >= 15 is 0 Å². The highest BCUT2D eigenvalue weighted by molar-refractivity contribution is 7.15. The topological polar surface area (TPSA) is 26.3 Å². The molecule has 2 aliphatic heterocycles. The maximum absolute atomic E-state index is 6.74. The minimum atomic E-state index is 0.901. The Morgan fingerprint density at radius 1 is 0.500 bits per heavy atom. The van der Waals surface area contributed by atoms with Gasteiger partial charge in [0.1, 0.15) is 22.3 Å². The van der Waals surface area contributed by atoms with Crippen LogP contribution in [0.1, 0.15) is 9.75 Å². The Hall–Kier alpha value is -3.60. The Balaban J connectivity index is 1.59. The van der Waals surface area contributed by atoms with Crippen molar-refractivity contribution in [3.63, 3.8) is 0 Å². The highest BCUT2D eigenvalue weighted by Crippen LogP contribution is 2.51. The molecule has 162 valence electrons. The van der Waals surface area contributed by atoms with Crippen LogP contribution in [0.2, 0.25) is 0 Å². The molecule has 0 N–H and O–H groups in total. The van der Waals surface area contributed by atoms with Crippen molar-refractivity contribution < 1.29 is 8.83 Å². The molecule has 6 aromatic rings. The quantitative estimate of drug-likeness (QED) is 0.184. The molecule has 0 atom stereocenters. The molecule has 0 aliphatic carbocycles. The lowest BCUT2D eigenvalue weighted by Gasteiger charge is -2.21. The molecule has 0 saturated heterocycles. The van der Waals surface area contributed by atoms with E-state index in [4.69, 9.17) is 8.83 Å². The molecule has 0 fully saturated rings. The summed E-state index contributed by atoms with van der Waals surface area (Å²) in [5.74, 6) is 0. The lowest BCUT2D eigenvalue weighted by Crippen LogP contribution is -1.96. The average molecular weight is 475 g/mol. The molecule has 8 rings (SSSR count). The molecule has 2 aromatic heterocycles. The Labute approximate surface area is 203 Å². The van der Waals surface area contributed by atoms with Crippen LogP contribution in [0.4, 0.5) is 0 Å². The van der Waals surface area contributed by atoms with Crippen LogP contribution in [0, 0.1) is 13.8 Å². The fourth-order valence-electron chi connectivity index (χ4n) is 5.38. The zero-order chi connectivity index (χ0) is 22.6. The van der Waals surface area contributed by atoms with Crippen LogP contribution in [0.3, 0.4) is 0 Å². The minimum absolute atomic E-state index is 0.901. The molecule has 2 nitrogen and oxygen atoms in total. The maximum atomic E-state index is 6.74. The van der Waals surface area contributed by atoms with Crippen LogP contribution in [-0.4, -0.2) is 0 Å². The summed E-state index contributed by atoms with van der Waals surface area (Å²) in [7, 11) is 0. The highest BCUT2D eigenvalue weighted by atomic mass is 32.1. The number of aryl methyl sites for hydroxylation is 2. The zero-order valence-electron chi connectivity index (χ0n) is 18.6. The molecule has 0 spiro atoms. The van der Waals surface area contributed by atoms with E-state index in [0.717, 1.165) is 55.4 Å². The molecular weight excluding hydrogens is 456 g/mol. The van der Waals surface area contributed by atoms with Crippen LogP contribution in [0.5, 0.6) is 0 Å². The molecule has 0 unspecified atom stereocenters. The molecular formula is C30H18O2S2. The fraction of sp³-hybridized carbons (Fsp3) is 0.0667. The Kier molecular flexibility index (Phi) is 3.59. The highest BCUT2D eigenvalue weighted by Gasteiger charge is 2.27. The van der Waals surface area contributed by atoms with E-state index < -0.39 is 0 Å². The molecule has 0 radical (unpaired) electrons. The molecule has 0 bridgehead atoms. The van der Waals surface area contributed by atoms with Gasteiger partial charge in [0, 0.05) is 52.5 Å². The number of hydrogen-bond acceptors (Lipinski definition) is 4. The van der Waals surface area contributed by atoms with Gasteiger partial charge in [-0.15, -0.1) is 22.7 Å². The Morgan fingerprint density at radius 2 is 0.941 bits per heavy atom. The Morgan fingerprint density at radius 3 is 1.35 bits per heavy atom. The van der Waals surface area contributed by atoms with Gasteiger partial charge in [-0.05, 0) is 73.2 Å². The van der Waals surface area contributed by atoms with E-state index in [2.05, 4.69) is 86.6 Å². The van der Waals surface area contributed by atoms with Gasteiger partial charge in [0.05, 0.1) is 0 Å². The predicted molar refractivity (Wildman–Crippen MR) is 145 cm³/mol. The number of rotatable bonds is 2. The van der Waals surface area contributed by atoms with Crippen molar-refractivity contribution in [1.82, 2.24) is 0 Å². The molecule has 4 aromatic carbocycles. The van der Waals surface area contributed by atoms with Crippen molar-refractivity contribution >= 4 is 66.6 Å². The van der Waals surface area contributed by atoms with Crippen molar-refractivity contribution in [3.8, 4) is 32.0 Å². The van der Waals surface area contributed by atoms with E-state index in [1.807, 2.05) is 0 Å². The molecule has 4 heterocycles. The summed E-state index contributed by atoms with van der Waals surface area (Å²) >= 11 is 3.60. The van der Waals surface area contributed by atoms with Crippen LogP contribution < -0.4 is 0 Å². The van der Waals surface area contributed by atoms with Gasteiger partial charge >= 0.3 is 0 Å². The van der Waals surface area contributed by atoms with Gasteiger partial charge in [-0.1, -0.05) is 24.3 Å². The smallest absolute Gasteiger partial charge is 0.144 e. The van der Waals surface area contributed by atoms with Crippen molar-refractivity contribution in [1.29, 1.82) is 0 Å². The third kappa shape index (κ3) is 2.39. The zero-order valence-corrected chi connectivity index (χ0v) is 20.2. The van der Waals surface area contributed by atoms with Crippen molar-refractivity contribution in [2.24, 2.45) is 0 Å². The van der Waals surface area contributed by atoms with Crippen LogP contribution in [0.15, 0.2) is 81.6 Å². The lowest BCUT2D eigenvalue weighted by molar-refractivity contribution is 0.648. The largest absolute Gasteiger partial charge is 0.455 e. The van der Waals surface area contributed by atoms with Gasteiger partial charge in [0.2, 0.25) is 0 Å². The van der Waals surface area contributed by atoms with Gasteiger partial charge in [-0.2, -0.15) is 0 Å². The first kappa shape index (κ1) is 18.8. The molecule has 4 heteroatoms. The van der Waals surface area contributed by atoms with E-state index in [1.54, 1.807) is 22.7 Å². The maximum Gasteiger partial charge on any atom is 0.144 e. The summed E-state index contributed by atoms with van der Waals surface area (Å²) in [6.45, 7) is 4.29. The van der Waals surface area contributed by atoms with Crippen molar-refractivity contribution in [2.75, 3.05) is 0 Å². The third-order valence-electron chi connectivity index (χ3n) is 6.89. The van der Waals surface area contributed by atoms with Gasteiger partial charge in [0.25, 0.3) is 0 Å². The standard InChI is InChI=1S/C30H18O2S2/c1-15-3-13-23(33-15)19-9-5-17-7-12-22-27-25(17)29(19)31-21-11-8-18-6-10-20(24-14-4-16(2)34-24)30(32-22)26(18)28(21)27/h3-14H,1-2H3. The first-order valence-corrected chi connectivity index (χ1v) is 13.0. The van der Waals surface area contributed by atoms with E-state index in [1.165, 1.54) is 30.3 Å². The first-order valence-electron chi connectivity index (χ1n) is 11.3. The van der Waals surface area contributed by atoms with Crippen LogP contribution in [0.25, 0.3) is 75.9 Å². The van der Waals surface area contributed by atoms with Crippen LogP contribution >= 0.6 is 22.7 Å². The minimum Gasteiger partial charge on any atom is -0.455 e. The fourth-order valence-corrected chi connectivity index (χ4v) is 7.16. The average Bonchev–Trinajstić information content (AvgIpc) is 3.48. The van der Waals surface area contributed by atoms with Gasteiger partial charge < -0.3 is 8.83 Å². The normalized spacial score (nSPS) is 12.4. The first-order chi connectivity index (χ1) is 16.7. The number of benzene rings is 4. The number of thiophene rings is 2. The van der Waals surface area contributed by atoms with Gasteiger partial charge in [-0.25, -0.2) is 0 Å². The van der Waals surface area contributed by atoms with E-state index in [0.29, 0.717) is 0 Å². The lowest BCUT2D eigenvalue weighted by atomic mass is 9.88. The summed E-state index contributed by atoms with van der Waals surface area (Å²) in [4.78, 5) is 5.04. The summed E-state index contributed by atoms with van der Waals surface area (Å²) in [6, 6.07) is 26.0. The summed E-state index contributed by atoms with van der Waals surface area (Å²) < 4.78 is 13.5. The summed E-state index contributed by atoms with van der Waals surface area (Å²) in [5.41, 5.74) is 8.25. The third-order valence-corrected chi connectivity index (χ3v) is 8.95. The number of hydrogen-bond donors (Lipinski definition) is 0. The Bertz CT molecular complexity index is 1850. The van der Waals surface area contributed by atoms with Crippen molar-refractivity contribution in [2.45, 2.75) is 13.8 Å².